The molecule has 1 aromatic carbocycles. The lowest BCUT2D eigenvalue weighted by Gasteiger charge is -2.28. The Morgan fingerprint density at radius 2 is 1.83 bits per heavy atom. The van der Waals surface area contributed by atoms with Crippen LogP contribution in [0.25, 0.3) is 16.9 Å². The van der Waals surface area contributed by atoms with Gasteiger partial charge in [-0.05, 0) is 36.4 Å². The molecule has 1 aliphatic heterocycles. The summed E-state index contributed by atoms with van der Waals surface area (Å²) in [5.74, 6) is 1.02. The van der Waals surface area contributed by atoms with Crippen LogP contribution in [0.1, 0.15) is 26.5 Å². The number of rotatable bonds is 6. The maximum Gasteiger partial charge on any atom is 0.278 e. The van der Waals surface area contributed by atoms with E-state index in [0.717, 1.165) is 43.4 Å². The summed E-state index contributed by atoms with van der Waals surface area (Å²) in [5, 5.41) is 3.69. The average Bonchev–Trinajstić information content (AvgIpc) is 3.15. The molecule has 0 saturated carbocycles. The Labute approximate surface area is 210 Å². The number of pyridine rings is 1. The van der Waals surface area contributed by atoms with Crippen molar-refractivity contribution in [3.05, 3.63) is 77.4 Å². The minimum absolute atomic E-state index is 0.141. The van der Waals surface area contributed by atoms with Crippen LogP contribution in [0.3, 0.4) is 0 Å². The van der Waals surface area contributed by atoms with E-state index in [2.05, 4.69) is 54.7 Å². The fraction of sp³-hybridized carbons (Fsp3) is 0.333. The summed E-state index contributed by atoms with van der Waals surface area (Å²) in [5.41, 5.74) is 3.10. The summed E-state index contributed by atoms with van der Waals surface area (Å²) >= 11 is 0. The minimum atomic E-state index is -0.186. The lowest BCUT2D eigenvalue weighted by atomic mass is 9.92. The van der Waals surface area contributed by atoms with E-state index in [9.17, 15) is 4.79 Å². The number of benzene rings is 1. The number of aromatic nitrogens is 5. The molecule has 0 aliphatic carbocycles. The van der Waals surface area contributed by atoms with Gasteiger partial charge in [-0.3, -0.25) is 4.79 Å². The number of allylic oxidation sites excluding steroid dienone is 1. The molecule has 186 valence electrons. The van der Waals surface area contributed by atoms with Crippen LogP contribution >= 0.6 is 0 Å². The van der Waals surface area contributed by atoms with Crippen LogP contribution in [0.2, 0.25) is 0 Å². The summed E-state index contributed by atoms with van der Waals surface area (Å²) in [6, 6.07) is 14.0. The van der Waals surface area contributed by atoms with E-state index in [1.807, 2.05) is 30.3 Å². The molecule has 0 bridgehead atoms. The quantitative estimate of drug-likeness (QED) is 0.412. The first kappa shape index (κ1) is 23.7. The number of nitrogens with zero attached hydrogens (tertiary/aromatic N) is 6. The van der Waals surface area contributed by atoms with Crippen LogP contribution in [0.15, 0.2) is 66.1 Å². The zero-order valence-electron chi connectivity index (χ0n) is 20.9. The van der Waals surface area contributed by atoms with Crippen LogP contribution in [0, 0.1) is 0 Å². The molecule has 5 rings (SSSR count). The first-order valence-corrected chi connectivity index (χ1v) is 12.1. The number of nitrogens with one attached hydrogen (secondary N) is 1. The Kier molecular flexibility index (Phi) is 6.32. The van der Waals surface area contributed by atoms with Crippen molar-refractivity contribution < 1.29 is 4.74 Å². The van der Waals surface area contributed by atoms with E-state index in [1.54, 1.807) is 21.6 Å². The van der Waals surface area contributed by atoms with Gasteiger partial charge in [0, 0.05) is 41.8 Å². The molecule has 4 aromatic rings. The van der Waals surface area contributed by atoms with Gasteiger partial charge in [-0.1, -0.05) is 32.9 Å². The molecule has 0 radical (unpaired) electrons. The molecule has 0 amide bonds. The Morgan fingerprint density at radius 1 is 1.08 bits per heavy atom. The highest BCUT2D eigenvalue weighted by atomic mass is 16.5. The van der Waals surface area contributed by atoms with Crippen molar-refractivity contribution in [3.63, 3.8) is 0 Å². The Balaban J connectivity index is 1.53. The lowest BCUT2D eigenvalue weighted by Crippen LogP contribution is -2.36. The molecule has 3 aromatic heterocycles. The van der Waals surface area contributed by atoms with Gasteiger partial charge in [-0.15, -0.1) is 6.58 Å². The SMILES string of the molecule is C=CCn1c(=O)c2cnc(Nc3ccc(N4CCOCC4)cc3)nc2n1-c1cccc(C(C)(C)C)n1. The molecule has 0 unspecified atom stereocenters. The van der Waals surface area contributed by atoms with Gasteiger partial charge in [-0.25, -0.2) is 19.3 Å². The van der Waals surface area contributed by atoms with Crippen molar-refractivity contribution in [1.82, 2.24) is 24.3 Å². The molecule has 1 saturated heterocycles. The van der Waals surface area contributed by atoms with Crippen molar-refractivity contribution in [2.24, 2.45) is 0 Å². The predicted octanol–water partition coefficient (Wildman–Crippen LogP) is 4.04. The molecule has 9 heteroatoms. The van der Waals surface area contributed by atoms with Gasteiger partial charge in [0.15, 0.2) is 11.5 Å². The highest BCUT2D eigenvalue weighted by Crippen LogP contribution is 2.24. The number of hydrogen-bond acceptors (Lipinski definition) is 7. The maximum atomic E-state index is 13.2. The number of ether oxygens (including phenoxy) is 1. The molecular weight excluding hydrogens is 454 g/mol. The average molecular weight is 486 g/mol. The summed E-state index contributed by atoms with van der Waals surface area (Å²) in [4.78, 5) is 29.5. The second-order valence-electron chi connectivity index (χ2n) is 9.82. The molecule has 1 N–H and O–H groups in total. The van der Waals surface area contributed by atoms with Crippen molar-refractivity contribution in [1.29, 1.82) is 0 Å². The topological polar surface area (TPSA) is 90.1 Å². The highest BCUT2D eigenvalue weighted by Gasteiger charge is 2.21. The van der Waals surface area contributed by atoms with Crippen LogP contribution in [-0.2, 0) is 16.7 Å². The van der Waals surface area contributed by atoms with Crippen LogP contribution in [-0.4, -0.2) is 50.6 Å². The monoisotopic (exact) mass is 485 g/mol. The minimum Gasteiger partial charge on any atom is -0.378 e. The molecule has 4 heterocycles. The van der Waals surface area contributed by atoms with Gasteiger partial charge >= 0.3 is 0 Å². The van der Waals surface area contributed by atoms with E-state index >= 15 is 0 Å². The van der Waals surface area contributed by atoms with E-state index < -0.39 is 0 Å². The van der Waals surface area contributed by atoms with Gasteiger partial charge in [0.25, 0.3) is 5.56 Å². The number of hydrogen-bond donors (Lipinski definition) is 1. The Morgan fingerprint density at radius 3 is 2.53 bits per heavy atom. The molecule has 0 atom stereocenters. The van der Waals surface area contributed by atoms with Crippen molar-refractivity contribution >= 4 is 28.4 Å². The largest absolute Gasteiger partial charge is 0.378 e. The van der Waals surface area contributed by atoms with Crippen molar-refractivity contribution in [3.8, 4) is 5.82 Å². The second kappa shape index (κ2) is 9.58. The van der Waals surface area contributed by atoms with Crippen LogP contribution in [0.5, 0.6) is 0 Å². The summed E-state index contributed by atoms with van der Waals surface area (Å²) < 4.78 is 8.78. The van der Waals surface area contributed by atoms with Gasteiger partial charge in [0.05, 0.1) is 19.8 Å². The van der Waals surface area contributed by atoms with Gasteiger partial charge in [-0.2, -0.15) is 4.98 Å². The van der Waals surface area contributed by atoms with Gasteiger partial charge in [0.2, 0.25) is 5.95 Å². The van der Waals surface area contributed by atoms with E-state index in [0.29, 0.717) is 29.3 Å². The fourth-order valence-electron chi connectivity index (χ4n) is 4.27. The fourth-order valence-corrected chi connectivity index (χ4v) is 4.27. The third-order valence-electron chi connectivity index (χ3n) is 6.20. The summed E-state index contributed by atoms with van der Waals surface area (Å²) in [6.45, 7) is 13.7. The molecule has 1 aliphatic rings. The first-order valence-electron chi connectivity index (χ1n) is 12.1. The zero-order valence-corrected chi connectivity index (χ0v) is 20.9. The molecule has 36 heavy (non-hydrogen) atoms. The third-order valence-corrected chi connectivity index (χ3v) is 6.20. The van der Waals surface area contributed by atoms with E-state index in [-0.39, 0.29) is 11.0 Å². The normalized spacial score (nSPS) is 14.2. The van der Waals surface area contributed by atoms with Crippen molar-refractivity contribution in [2.45, 2.75) is 32.7 Å². The lowest BCUT2D eigenvalue weighted by molar-refractivity contribution is 0.122. The van der Waals surface area contributed by atoms with Gasteiger partial charge in [0.1, 0.15) is 5.39 Å². The Hall–Kier alpha value is -3.98. The van der Waals surface area contributed by atoms with E-state index in [1.165, 1.54) is 0 Å². The smallest absolute Gasteiger partial charge is 0.278 e. The van der Waals surface area contributed by atoms with Crippen LogP contribution in [0.4, 0.5) is 17.3 Å². The van der Waals surface area contributed by atoms with Crippen molar-refractivity contribution in [2.75, 3.05) is 36.5 Å². The second-order valence-corrected chi connectivity index (χ2v) is 9.82. The standard InChI is InChI=1S/C27H31N7O2/c1-5-13-33-25(35)21-18-28-26(29-19-9-11-20(12-10-19)32-14-16-36-17-15-32)31-24(21)34(33)23-8-6-7-22(30-23)27(2,3)4/h5-12,18H,1,13-17H2,2-4H3,(H,28,29,31). The zero-order chi connectivity index (χ0) is 25.3. The molecule has 9 nitrogen and oxygen atoms in total. The number of anilines is 3. The van der Waals surface area contributed by atoms with Gasteiger partial charge < -0.3 is 15.0 Å². The number of morpholine rings is 1. The number of fused-ring (bicyclic) bond motifs is 1. The Bertz CT molecular complexity index is 1440. The van der Waals surface area contributed by atoms with Crippen LogP contribution < -0.4 is 15.8 Å². The third kappa shape index (κ3) is 4.61. The maximum absolute atomic E-state index is 13.2. The predicted molar refractivity (Wildman–Crippen MR) is 143 cm³/mol. The highest BCUT2D eigenvalue weighted by molar-refractivity contribution is 5.77. The molecule has 0 spiro atoms. The molecular formula is C27H31N7O2. The first-order chi connectivity index (χ1) is 17.3. The van der Waals surface area contributed by atoms with E-state index in [4.69, 9.17) is 14.7 Å². The summed E-state index contributed by atoms with van der Waals surface area (Å²) in [7, 11) is 0. The molecule has 1 fully saturated rings. The summed E-state index contributed by atoms with van der Waals surface area (Å²) in [6.07, 6.45) is 3.26.